The molecule has 3 rings (SSSR count). The molecule has 1 N–H and O–H groups in total. The summed E-state index contributed by atoms with van der Waals surface area (Å²) in [6.45, 7) is 4.20. The Morgan fingerprint density at radius 1 is 1.38 bits per heavy atom. The fraction of sp³-hybridized carbons (Fsp3) is 0.294. The van der Waals surface area contributed by atoms with Gasteiger partial charge in [-0.15, -0.1) is 0 Å². The molecule has 1 aliphatic carbocycles. The number of hydrogen-bond acceptors (Lipinski definition) is 2. The predicted octanol–water partition coefficient (Wildman–Crippen LogP) is 4.14. The molecule has 1 aromatic heterocycles. The van der Waals surface area contributed by atoms with Gasteiger partial charge in [0.05, 0.1) is 17.8 Å². The second-order valence-corrected chi connectivity index (χ2v) is 6.14. The monoisotopic (exact) mass is 300 g/mol. The number of nitrogens with zero attached hydrogens (tertiary/aromatic N) is 1. The summed E-state index contributed by atoms with van der Waals surface area (Å²) in [7, 11) is 0. The molecule has 0 saturated carbocycles. The zero-order chi connectivity index (χ0) is 15.0. The second kappa shape index (κ2) is 5.49. The van der Waals surface area contributed by atoms with Crippen LogP contribution < -0.4 is 5.32 Å². The molecule has 1 aliphatic rings. The van der Waals surface area contributed by atoms with Gasteiger partial charge in [-0.05, 0) is 47.2 Å². The lowest BCUT2D eigenvalue weighted by Gasteiger charge is -2.29. The van der Waals surface area contributed by atoms with Crippen LogP contribution in [-0.2, 0) is 11.2 Å². The normalized spacial score (nSPS) is 16.3. The maximum absolute atomic E-state index is 12.5. The summed E-state index contributed by atoms with van der Waals surface area (Å²) in [4.78, 5) is 16.6. The van der Waals surface area contributed by atoms with E-state index in [0.717, 1.165) is 23.2 Å². The summed E-state index contributed by atoms with van der Waals surface area (Å²) in [6.07, 6.45) is 4.24. The van der Waals surface area contributed by atoms with Crippen molar-refractivity contribution in [2.45, 2.75) is 32.1 Å². The van der Waals surface area contributed by atoms with Gasteiger partial charge in [-0.2, -0.15) is 0 Å². The van der Waals surface area contributed by atoms with Crippen molar-refractivity contribution in [3.05, 3.63) is 58.4 Å². The number of amides is 1. The number of halogens is 1. The molecule has 1 unspecified atom stereocenters. The Hall–Kier alpha value is -1.87. The molecule has 0 radical (unpaired) electrons. The van der Waals surface area contributed by atoms with Crippen molar-refractivity contribution < 1.29 is 4.79 Å². The molecular formula is C17H17ClN2O. The zero-order valence-electron chi connectivity index (χ0n) is 12.1. The second-order valence-electron chi connectivity index (χ2n) is 5.71. The molecule has 2 aromatic rings. The molecule has 0 aliphatic heterocycles. The molecule has 1 atom stereocenters. The molecule has 4 heteroatoms. The van der Waals surface area contributed by atoms with Gasteiger partial charge in [0.25, 0.3) is 0 Å². The number of nitrogens with one attached hydrogen (secondary N) is 1. The van der Waals surface area contributed by atoms with Crippen LogP contribution in [0.5, 0.6) is 0 Å². The van der Waals surface area contributed by atoms with Crippen LogP contribution in [0.4, 0.5) is 5.69 Å². The first-order chi connectivity index (χ1) is 10.1. The molecule has 21 heavy (non-hydrogen) atoms. The number of rotatable bonds is 3. The molecular weight excluding hydrogens is 284 g/mol. The highest BCUT2D eigenvalue weighted by Crippen LogP contribution is 2.38. The topological polar surface area (TPSA) is 42.0 Å². The van der Waals surface area contributed by atoms with Crippen LogP contribution in [0.25, 0.3) is 0 Å². The summed E-state index contributed by atoms with van der Waals surface area (Å²) < 4.78 is 0. The van der Waals surface area contributed by atoms with Crippen molar-refractivity contribution in [2.75, 3.05) is 5.32 Å². The Labute approximate surface area is 129 Å². The van der Waals surface area contributed by atoms with Gasteiger partial charge in [-0.25, -0.2) is 0 Å². The highest BCUT2D eigenvalue weighted by Gasteiger charge is 2.32. The number of hydrogen-bond donors (Lipinski definition) is 1. The standard InChI is InChI=1S/C17H17ClN2O/c1-10(2)13-5-6-19-9-16(13)20-17(21)15-7-11-3-4-12(18)8-14(11)15/h3-6,8-10,15H,7H2,1-2H3,(H,20,21). The number of aromatic nitrogens is 1. The average Bonchev–Trinajstić information content (AvgIpc) is 2.43. The van der Waals surface area contributed by atoms with E-state index in [1.54, 1.807) is 12.4 Å². The zero-order valence-corrected chi connectivity index (χ0v) is 12.8. The Kier molecular flexibility index (Phi) is 3.68. The van der Waals surface area contributed by atoms with E-state index in [1.165, 1.54) is 5.56 Å². The SMILES string of the molecule is CC(C)c1ccncc1NC(=O)C1Cc2ccc(Cl)cc21. The van der Waals surface area contributed by atoms with E-state index in [9.17, 15) is 4.79 Å². The fourth-order valence-electron chi connectivity index (χ4n) is 2.74. The van der Waals surface area contributed by atoms with E-state index in [0.29, 0.717) is 10.9 Å². The summed E-state index contributed by atoms with van der Waals surface area (Å²) in [5, 5.41) is 3.69. The Morgan fingerprint density at radius 2 is 2.19 bits per heavy atom. The van der Waals surface area contributed by atoms with E-state index in [-0.39, 0.29) is 11.8 Å². The number of carbonyl (C=O) groups excluding carboxylic acids is 1. The Bertz CT molecular complexity index is 697. The molecule has 0 saturated heterocycles. The number of anilines is 1. The minimum Gasteiger partial charge on any atom is -0.324 e. The average molecular weight is 301 g/mol. The maximum atomic E-state index is 12.5. The maximum Gasteiger partial charge on any atom is 0.232 e. The minimum atomic E-state index is -0.112. The lowest BCUT2D eigenvalue weighted by molar-refractivity contribution is -0.118. The molecule has 0 fully saturated rings. The van der Waals surface area contributed by atoms with Gasteiger partial charge in [0.2, 0.25) is 5.91 Å². The van der Waals surface area contributed by atoms with Crippen LogP contribution in [0, 0.1) is 0 Å². The molecule has 3 nitrogen and oxygen atoms in total. The quantitative estimate of drug-likeness (QED) is 0.926. The first kappa shape index (κ1) is 14.1. The van der Waals surface area contributed by atoms with Gasteiger partial charge in [0.15, 0.2) is 0 Å². The minimum absolute atomic E-state index is 0.0136. The first-order valence-electron chi connectivity index (χ1n) is 7.09. The van der Waals surface area contributed by atoms with Crippen molar-refractivity contribution in [3.63, 3.8) is 0 Å². The number of benzene rings is 1. The number of pyridine rings is 1. The number of carbonyl (C=O) groups is 1. The molecule has 1 heterocycles. The third kappa shape index (κ3) is 2.66. The van der Waals surface area contributed by atoms with E-state index < -0.39 is 0 Å². The summed E-state index contributed by atoms with van der Waals surface area (Å²) in [6, 6.07) is 7.70. The Morgan fingerprint density at radius 3 is 2.95 bits per heavy atom. The van der Waals surface area contributed by atoms with Crippen LogP contribution in [0.15, 0.2) is 36.7 Å². The molecule has 0 bridgehead atoms. The number of fused-ring (bicyclic) bond motifs is 1. The van der Waals surface area contributed by atoms with Gasteiger partial charge >= 0.3 is 0 Å². The van der Waals surface area contributed by atoms with Crippen molar-refractivity contribution in [2.24, 2.45) is 0 Å². The lowest BCUT2D eigenvalue weighted by atomic mass is 9.77. The van der Waals surface area contributed by atoms with Gasteiger partial charge in [-0.3, -0.25) is 9.78 Å². The molecule has 1 amide bonds. The molecule has 1 aromatic carbocycles. The van der Waals surface area contributed by atoms with Crippen molar-refractivity contribution >= 4 is 23.2 Å². The van der Waals surface area contributed by atoms with Crippen molar-refractivity contribution in [3.8, 4) is 0 Å². The van der Waals surface area contributed by atoms with Gasteiger partial charge < -0.3 is 5.32 Å². The highest BCUT2D eigenvalue weighted by atomic mass is 35.5. The van der Waals surface area contributed by atoms with Crippen LogP contribution in [-0.4, -0.2) is 10.9 Å². The van der Waals surface area contributed by atoms with Crippen LogP contribution in [0.3, 0.4) is 0 Å². The van der Waals surface area contributed by atoms with E-state index in [4.69, 9.17) is 11.6 Å². The smallest absolute Gasteiger partial charge is 0.232 e. The van der Waals surface area contributed by atoms with Crippen LogP contribution >= 0.6 is 11.6 Å². The van der Waals surface area contributed by atoms with E-state index >= 15 is 0 Å². The molecule has 108 valence electrons. The van der Waals surface area contributed by atoms with Gasteiger partial charge in [0.1, 0.15) is 0 Å². The van der Waals surface area contributed by atoms with E-state index in [2.05, 4.69) is 24.1 Å². The van der Waals surface area contributed by atoms with Crippen molar-refractivity contribution in [1.29, 1.82) is 0 Å². The van der Waals surface area contributed by atoms with Crippen molar-refractivity contribution in [1.82, 2.24) is 4.98 Å². The first-order valence-corrected chi connectivity index (χ1v) is 7.47. The van der Waals surface area contributed by atoms with Gasteiger partial charge in [0, 0.05) is 11.2 Å². The summed E-state index contributed by atoms with van der Waals surface area (Å²) in [5.41, 5.74) is 4.14. The van der Waals surface area contributed by atoms with Crippen LogP contribution in [0.1, 0.15) is 42.4 Å². The largest absolute Gasteiger partial charge is 0.324 e. The Balaban J connectivity index is 1.80. The summed E-state index contributed by atoms with van der Waals surface area (Å²) >= 11 is 6.01. The third-order valence-electron chi connectivity index (χ3n) is 3.96. The van der Waals surface area contributed by atoms with Crippen LogP contribution in [0.2, 0.25) is 5.02 Å². The summed E-state index contributed by atoms with van der Waals surface area (Å²) in [5.74, 6) is 0.241. The molecule has 0 spiro atoms. The highest BCUT2D eigenvalue weighted by molar-refractivity contribution is 6.30. The third-order valence-corrected chi connectivity index (χ3v) is 4.19. The predicted molar refractivity (Wildman–Crippen MR) is 84.9 cm³/mol. The fourth-order valence-corrected chi connectivity index (χ4v) is 2.92. The van der Waals surface area contributed by atoms with Gasteiger partial charge in [-0.1, -0.05) is 31.5 Å². The van der Waals surface area contributed by atoms with E-state index in [1.807, 2.05) is 24.3 Å². The lowest BCUT2D eigenvalue weighted by Crippen LogP contribution is -2.30.